The molecule has 0 aliphatic carbocycles. The van der Waals surface area contributed by atoms with Crippen molar-refractivity contribution in [3.63, 3.8) is 0 Å². The van der Waals surface area contributed by atoms with E-state index < -0.39 is 0 Å². The summed E-state index contributed by atoms with van der Waals surface area (Å²) in [5.41, 5.74) is 3.57. The van der Waals surface area contributed by atoms with Crippen LogP contribution >= 0.6 is 11.3 Å². The molecule has 0 radical (unpaired) electrons. The Labute approximate surface area is 191 Å². The molecule has 0 spiro atoms. The first kappa shape index (κ1) is 21.3. The number of hydrogen-bond donors (Lipinski definition) is 1. The maximum absolute atomic E-state index is 13.1. The molecule has 0 fully saturated rings. The molecule has 3 aromatic heterocycles. The van der Waals surface area contributed by atoms with Crippen molar-refractivity contribution >= 4 is 32.6 Å². The van der Waals surface area contributed by atoms with E-state index >= 15 is 0 Å². The molecule has 0 bridgehead atoms. The van der Waals surface area contributed by atoms with Crippen LogP contribution in [-0.2, 0) is 19.5 Å². The molecule has 0 saturated heterocycles. The van der Waals surface area contributed by atoms with Crippen LogP contribution in [-0.4, -0.2) is 50.7 Å². The summed E-state index contributed by atoms with van der Waals surface area (Å²) >= 11 is 1.67. The van der Waals surface area contributed by atoms with Gasteiger partial charge in [-0.2, -0.15) is 0 Å². The van der Waals surface area contributed by atoms with Crippen molar-refractivity contribution in [2.24, 2.45) is 0 Å². The van der Waals surface area contributed by atoms with Crippen molar-refractivity contribution in [2.75, 3.05) is 26.7 Å². The van der Waals surface area contributed by atoms with Gasteiger partial charge < -0.3 is 14.8 Å². The van der Waals surface area contributed by atoms with Crippen LogP contribution in [0.25, 0.3) is 21.3 Å². The highest BCUT2D eigenvalue weighted by Gasteiger charge is 2.22. The smallest absolute Gasteiger partial charge is 0.262 e. The van der Waals surface area contributed by atoms with E-state index in [-0.39, 0.29) is 5.56 Å². The van der Waals surface area contributed by atoms with Gasteiger partial charge in [-0.3, -0.25) is 9.36 Å². The molecule has 1 aromatic carbocycles. The average molecular weight is 451 g/mol. The van der Waals surface area contributed by atoms with Gasteiger partial charge in [-0.25, -0.2) is 9.97 Å². The van der Waals surface area contributed by atoms with Crippen LogP contribution in [0.2, 0.25) is 0 Å². The number of benzene rings is 1. The van der Waals surface area contributed by atoms with Gasteiger partial charge in [-0.05, 0) is 50.6 Å². The molecule has 0 amide bonds. The van der Waals surface area contributed by atoms with Gasteiger partial charge in [0.05, 0.1) is 29.1 Å². The molecule has 32 heavy (non-hydrogen) atoms. The Kier molecular flexibility index (Phi) is 6.08. The van der Waals surface area contributed by atoms with Crippen molar-refractivity contribution in [3.8, 4) is 0 Å². The van der Waals surface area contributed by atoms with Crippen molar-refractivity contribution in [1.29, 1.82) is 0 Å². The zero-order valence-corrected chi connectivity index (χ0v) is 19.6. The van der Waals surface area contributed by atoms with Gasteiger partial charge in [0, 0.05) is 37.1 Å². The van der Waals surface area contributed by atoms with Crippen molar-refractivity contribution in [1.82, 2.24) is 29.3 Å². The number of hydrogen-bond acceptors (Lipinski definition) is 6. The lowest BCUT2D eigenvalue weighted by Gasteiger charge is -2.21. The Morgan fingerprint density at radius 1 is 1.19 bits per heavy atom. The van der Waals surface area contributed by atoms with Gasteiger partial charge >= 0.3 is 0 Å². The number of nitrogens with one attached hydrogen (secondary N) is 1. The highest BCUT2D eigenvalue weighted by atomic mass is 32.1. The maximum atomic E-state index is 13.1. The summed E-state index contributed by atoms with van der Waals surface area (Å²) in [7, 11) is 2.13. The average Bonchev–Trinajstić information content (AvgIpc) is 3.39. The minimum absolute atomic E-state index is 0.107. The van der Waals surface area contributed by atoms with Crippen molar-refractivity contribution < 1.29 is 0 Å². The lowest BCUT2D eigenvalue weighted by Crippen LogP contribution is -2.29. The minimum Gasteiger partial charge on any atom is -0.327 e. The predicted molar refractivity (Wildman–Crippen MR) is 130 cm³/mol. The third kappa shape index (κ3) is 3.98. The Morgan fingerprint density at radius 2 is 2.06 bits per heavy atom. The number of rotatable bonds is 8. The van der Waals surface area contributed by atoms with Gasteiger partial charge in [0.15, 0.2) is 0 Å². The number of fused-ring (bicyclic) bond motifs is 4. The summed E-state index contributed by atoms with van der Waals surface area (Å²) in [4.78, 5) is 26.7. The molecule has 5 rings (SSSR count). The Morgan fingerprint density at radius 3 is 2.94 bits per heavy atom. The lowest BCUT2D eigenvalue weighted by molar-refractivity contribution is 0.318. The van der Waals surface area contributed by atoms with Crippen LogP contribution in [0.5, 0.6) is 0 Å². The second kappa shape index (κ2) is 9.13. The topological polar surface area (TPSA) is 68.0 Å². The molecule has 1 atom stereocenters. The molecule has 1 aliphatic heterocycles. The molecule has 8 heteroatoms. The van der Waals surface area contributed by atoms with Gasteiger partial charge in [0.2, 0.25) is 0 Å². The summed E-state index contributed by atoms with van der Waals surface area (Å²) in [5, 5.41) is 4.37. The molecular formula is C24H30N6OS. The van der Waals surface area contributed by atoms with Gasteiger partial charge in [0.1, 0.15) is 4.83 Å². The summed E-state index contributed by atoms with van der Waals surface area (Å²) in [6, 6.07) is 8.70. The van der Waals surface area contributed by atoms with E-state index in [9.17, 15) is 4.79 Å². The zero-order valence-electron chi connectivity index (χ0n) is 18.8. The Bertz CT molecular complexity index is 1290. The normalized spacial score (nSPS) is 15.4. The molecule has 4 aromatic rings. The maximum Gasteiger partial charge on any atom is 0.262 e. The molecule has 0 saturated carbocycles. The Balaban J connectivity index is 1.20. The molecule has 168 valence electrons. The number of aromatic nitrogens is 4. The monoisotopic (exact) mass is 450 g/mol. The number of imidazole rings is 1. The highest BCUT2D eigenvalue weighted by Crippen LogP contribution is 2.31. The van der Waals surface area contributed by atoms with Gasteiger partial charge in [-0.1, -0.05) is 19.1 Å². The third-order valence-electron chi connectivity index (χ3n) is 6.55. The first-order valence-corrected chi connectivity index (χ1v) is 12.3. The molecule has 1 N–H and O–H groups in total. The van der Waals surface area contributed by atoms with E-state index in [0.717, 1.165) is 61.2 Å². The van der Waals surface area contributed by atoms with Gasteiger partial charge in [-0.15, -0.1) is 11.3 Å². The first-order chi connectivity index (χ1) is 15.7. The Hall–Kier alpha value is -2.55. The van der Waals surface area contributed by atoms with Crippen LogP contribution in [0.15, 0.2) is 41.7 Å². The van der Waals surface area contributed by atoms with E-state index in [1.54, 1.807) is 22.2 Å². The molecule has 1 aliphatic rings. The summed E-state index contributed by atoms with van der Waals surface area (Å²) in [6.07, 6.45) is 6.69. The third-order valence-corrected chi connectivity index (χ3v) is 7.67. The van der Waals surface area contributed by atoms with E-state index in [4.69, 9.17) is 0 Å². The van der Waals surface area contributed by atoms with Crippen LogP contribution in [0.4, 0.5) is 0 Å². The molecular weight excluding hydrogens is 420 g/mol. The van der Waals surface area contributed by atoms with E-state index in [0.29, 0.717) is 12.6 Å². The van der Waals surface area contributed by atoms with Crippen LogP contribution < -0.4 is 10.9 Å². The fourth-order valence-electron chi connectivity index (χ4n) is 4.71. The quantitative estimate of drug-likeness (QED) is 0.417. The van der Waals surface area contributed by atoms with E-state index in [2.05, 4.69) is 56.9 Å². The van der Waals surface area contributed by atoms with E-state index in [1.165, 1.54) is 16.0 Å². The lowest BCUT2D eigenvalue weighted by atomic mass is 10.1. The second-order valence-corrected chi connectivity index (χ2v) is 9.74. The first-order valence-electron chi connectivity index (χ1n) is 11.5. The molecule has 7 nitrogen and oxygen atoms in total. The van der Waals surface area contributed by atoms with E-state index in [1.807, 2.05) is 12.4 Å². The minimum atomic E-state index is 0.107. The van der Waals surface area contributed by atoms with Crippen molar-refractivity contribution in [3.05, 3.63) is 57.7 Å². The fourth-order valence-corrected chi connectivity index (χ4v) is 5.97. The predicted octanol–water partition coefficient (Wildman–Crippen LogP) is 3.43. The number of likely N-dealkylation sites (N-methyl/N-ethyl adjacent to an activating group) is 1. The second-order valence-electron chi connectivity index (χ2n) is 8.66. The number of thiophene rings is 1. The zero-order chi connectivity index (χ0) is 22.1. The summed E-state index contributed by atoms with van der Waals surface area (Å²) < 4.78 is 4.05. The summed E-state index contributed by atoms with van der Waals surface area (Å²) in [6.45, 7) is 6.43. The molecule has 4 heterocycles. The highest BCUT2D eigenvalue weighted by molar-refractivity contribution is 7.18. The van der Waals surface area contributed by atoms with Gasteiger partial charge in [0.25, 0.3) is 5.56 Å². The largest absolute Gasteiger partial charge is 0.327 e. The molecule has 1 unspecified atom stereocenters. The number of nitrogens with zero attached hydrogens (tertiary/aromatic N) is 5. The fraction of sp³-hybridized carbons (Fsp3) is 0.458. The SMILES string of the molecule is CCC(CCNCCn1cnc2sc3c(c2c1=O)CCN(C)C3)n1cnc2ccccc21. The van der Waals surface area contributed by atoms with Crippen molar-refractivity contribution in [2.45, 2.75) is 45.3 Å². The summed E-state index contributed by atoms with van der Waals surface area (Å²) in [5.74, 6) is 0. The van der Waals surface area contributed by atoms with Crippen LogP contribution in [0.1, 0.15) is 36.2 Å². The van der Waals surface area contributed by atoms with Crippen LogP contribution in [0.3, 0.4) is 0 Å². The van der Waals surface area contributed by atoms with Crippen LogP contribution in [0, 0.1) is 0 Å². The number of para-hydroxylation sites is 2. The standard InChI is InChI=1S/C24H30N6OS/c1-3-17(30-16-26-19-6-4-5-7-20(19)30)8-10-25-11-13-29-15-27-23-22(24(29)31)18-9-12-28(2)14-21(18)32-23/h4-7,15-17,25H,3,8-14H2,1-2H3.